The van der Waals surface area contributed by atoms with Gasteiger partial charge in [-0.1, -0.05) is 12.1 Å². The molecule has 3 heterocycles. The minimum atomic E-state index is 0.0966. The van der Waals surface area contributed by atoms with Crippen molar-refractivity contribution in [2.75, 3.05) is 33.7 Å². The fraction of sp³-hybridized carbons (Fsp3) is 0.450. The van der Waals surface area contributed by atoms with Gasteiger partial charge in [0.2, 0.25) is 5.91 Å². The van der Waals surface area contributed by atoms with Crippen LogP contribution in [0.15, 0.2) is 42.9 Å². The molecule has 0 aromatic carbocycles. The van der Waals surface area contributed by atoms with Crippen LogP contribution >= 0.6 is 0 Å². The number of aryl methyl sites for hydroxylation is 1. The number of hydrogen-bond acceptors (Lipinski definition) is 4. The van der Waals surface area contributed by atoms with Crippen LogP contribution in [0.5, 0.6) is 0 Å². The predicted molar refractivity (Wildman–Crippen MR) is 103 cm³/mol. The molecule has 138 valence electrons. The van der Waals surface area contributed by atoms with Gasteiger partial charge in [0.05, 0.1) is 23.9 Å². The Morgan fingerprint density at radius 1 is 1.38 bits per heavy atom. The number of likely N-dealkylation sites (N-methyl/N-ethyl adjacent to an activating group) is 1. The first-order valence-electron chi connectivity index (χ1n) is 9.08. The van der Waals surface area contributed by atoms with Crippen LogP contribution in [0.1, 0.15) is 24.5 Å². The van der Waals surface area contributed by atoms with Crippen molar-refractivity contribution in [2.24, 2.45) is 7.05 Å². The number of imidazole rings is 1. The van der Waals surface area contributed by atoms with Gasteiger partial charge in [0.15, 0.2) is 0 Å². The molecule has 1 atom stereocenters. The SMILES string of the molecule is CN(C)C/C=C/C(=O)N1CCCC(c2cccc(-c3cncn3C)n2)C1. The Morgan fingerprint density at radius 3 is 2.96 bits per heavy atom. The normalized spacial score (nSPS) is 18.0. The third-order valence-electron chi connectivity index (χ3n) is 4.73. The summed E-state index contributed by atoms with van der Waals surface area (Å²) in [4.78, 5) is 25.5. The van der Waals surface area contributed by atoms with Crippen molar-refractivity contribution in [3.8, 4) is 11.4 Å². The van der Waals surface area contributed by atoms with Crippen molar-refractivity contribution in [1.29, 1.82) is 0 Å². The zero-order valence-corrected chi connectivity index (χ0v) is 15.8. The van der Waals surface area contributed by atoms with E-state index in [9.17, 15) is 4.79 Å². The molecule has 6 nitrogen and oxygen atoms in total. The average Bonchev–Trinajstić information content (AvgIpc) is 3.07. The molecule has 26 heavy (non-hydrogen) atoms. The largest absolute Gasteiger partial charge is 0.339 e. The summed E-state index contributed by atoms with van der Waals surface area (Å²) in [5.74, 6) is 0.377. The second-order valence-electron chi connectivity index (χ2n) is 7.13. The number of carbonyl (C=O) groups is 1. The maximum absolute atomic E-state index is 12.4. The van der Waals surface area contributed by atoms with Gasteiger partial charge in [-0.2, -0.15) is 0 Å². The van der Waals surface area contributed by atoms with Gasteiger partial charge in [0.25, 0.3) is 0 Å². The molecule has 1 amide bonds. The summed E-state index contributed by atoms with van der Waals surface area (Å²) in [5, 5.41) is 0. The Bertz CT molecular complexity index is 780. The van der Waals surface area contributed by atoms with Gasteiger partial charge in [0, 0.05) is 44.4 Å². The lowest BCUT2D eigenvalue weighted by molar-refractivity contribution is -0.127. The molecule has 3 rings (SSSR count). The van der Waals surface area contributed by atoms with Crippen molar-refractivity contribution in [3.63, 3.8) is 0 Å². The highest BCUT2D eigenvalue weighted by molar-refractivity contribution is 5.87. The van der Waals surface area contributed by atoms with E-state index in [4.69, 9.17) is 4.98 Å². The first-order valence-corrected chi connectivity index (χ1v) is 9.08. The van der Waals surface area contributed by atoms with E-state index in [1.807, 2.05) is 59.9 Å². The molecular formula is C20H27N5O. The van der Waals surface area contributed by atoms with Crippen LogP contribution < -0.4 is 0 Å². The van der Waals surface area contributed by atoms with Crippen LogP contribution in [-0.4, -0.2) is 64.0 Å². The van der Waals surface area contributed by atoms with Crippen LogP contribution in [0.4, 0.5) is 0 Å². The van der Waals surface area contributed by atoms with Crippen LogP contribution in [0.3, 0.4) is 0 Å². The summed E-state index contributed by atoms with van der Waals surface area (Å²) < 4.78 is 1.97. The topological polar surface area (TPSA) is 54.3 Å². The van der Waals surface area contributed by atoms with Gasteiger partial charge in [-0.3, -0.25) is 9.78 Å². The maximum Gasteiger partial charge on any atom is 0.246 e. The summed E-state index contributed by atoms with van der Waals surface area (Å²) in [6.07, 6.45) is 9.31. The van der Waals surface area contributed by atoms with Gasteiger partial charge in [-0.05, 0) is 39.1 Å². The Labute approximate surface area is 155 Å². The molecule has 1 fully saturated rings. The predicted octanol–water partition coefficient (Wildman–Crippen LogP) is 2.31. The highest BCUT2D eigenvalue weighted by Crippen LogP contribution is 2.27. The lowest BCUT2D eigenvalue weighted by atomic mass is 9.94. The first kappa shape index (κ1) is 18.3. The molecular weight excluding hydrogens is 326 g/mol. The third kappa shape index (κ3) is 4.38. The van der Waals surface area contributed by atoms with E-state index >= 15 is 0 Å². The van der Waals surface area contributed by atoms with Gasteiger partial charge in [-0.15, -0.1) is 0 Å². The van der Waals surface area contributed by atoms with E-state index in [1.54, 1.807) is 12.4 Å². The zero-order valence-electron chi connectivity index (χ0n) is 15.8. The number of piperidine rings is 1. The summed E-state index contributed by atoms with van der Waals surface area (Å²) in [6, 6.07) is 6.12. The van der Waals surface area contributed by atoms with Crippen molar-refractivity contribution < 1.29 is 4.79 Å². The maximum atomic E-state index is 12.4. The number of pyridine rings is 1. The van der Waals surface area contributed by atoms with Gasteiger partial charge < -0.3 is 14.4 Å². The molecule has 1 unspecified atom stereocenters. The molecule has 0 radical (unpaired) electrons. The molecule has 1 aliphatic rings. The molecule has 0 saturated carbocycles. The monoisotopic (exact) mass is 353 g/mol. The van der Waals surface area contributed by atoms with Crippen molar-refractivity contribution in [1.82, 2.24) is 24.3 Å². The van der Waals surface area contributed by atoms with Gasteiger partial charge in [-0.25, -0.2) is 4.98 Å². The van der Waals surface area contributed by atoms with Gasteiger partial charge >= 0.3 is 0 Å². The molecule has 0 N–H and O–H groups in total. The fourth-order valence-electron chi connectivity index (χ4n) is 3.31. The van der Waals surface area contributed by atoms with E-state index in [0.29, 0.717) is 0 Å². The number of carbonyl (C=O) groups excluding carboxylic acids is 1. The molecule has 0 spiro atoms. The second-order valence-corrected chi connectivity index (χ2v) is 7.13. The molecule has 2 aromatic heterocycles. The minimum absolute atomic E-state index is 0.0966. The summed E-state index contributed by atoms with van der Waals surface area (Å²) in [5.41, 5.74) is 2.98. The highest BCUT2D eigenvalue weighted by Gasteiger charge is 2.24. The fourth-order valence-corrected chi connectivity index (χ4v) is 3.31. The lowest BCUT2D eigenvalue weighted by Crippen LogP contribution is -2.38. The third-order valence-corrected chi connectivity index (χ3v) is 4.73. The second kappa shape index (κ2) is 8.27. The molecule has 1 saturated heterocycles. The molecule has 0 bridgehead atoms. The number of nitrogens with zero attached hydrogens (tertiary/aromatic N) is 5. The number of hydrogen-bond donors (Lipinski definition) is 0. The summed E-state index contributed by atoms with van der Waals surface area (Å²) >= 11 is 0. The van der Waals surface area contributed by atoms with Gasteiger partial charge in [0.1, 0.15) is 0 Å². The minimum Gasteiger partial charge on any atom is -0.339 e. The number of likely N-dealkylation sites (tertiary alicyclic amines) is 1. The number of aromatic nitrogens is 3. The van der Waals surface area contributed by atoms with E-state index in [1.165, 1.54) is 0 Å². The Hall–Kier alpha value is -2.47. The van der Waals surface area contributed by atoms with E-state index in [-0.39, 0.29) is 11.8 Å². The van der Waals surface area contributed by atoms with Crippen LogP contribution in [0.25, 0.3) is 11.4 Å². The quantitative estimate of drug-likeness (QED) is 0.774. The van der Waals surface area contributed by atoms with Crippen LogP contribution in [0, 0.1) is 0 Å². The summed E-state index contributed by atoms with van der Waals surface area (Å²) in [6.45, 7) is 2.33. The van der Waals surface area contributed by atoms with E-state index in [0.717, 1.165) is 49.6 Å². The number of rotatable bonds is 5. The molecule has 2 aromatic rings. The number of amides is 1. The highest BCUT2D eigenvalue weighted by atomic mass is 16.2. The standard InChI is InChI=1S/C20H27N5O/c1-23(2)11-6-10-20(26)25-12-5-7-16(14-25)17-8-4-9-18(22-17)19-13-21-15-24(19)3/h4,6,8-10,13,15-16H,5,7,11-12,14H2,1-3H3/b10-6+. The molecule has 0 aliphatic carbocycles. The average molecular weight is 353 g/mol. The van der Waals surface area contributed by atoms with Crippen LogP contribution in [0.2, 0.25) is 0 Å². The van der Waals surface area contributed by atoms with Crippen molar-refractivity contribution in [2.45, 2.75) is 18.8 Å². The Morgan fingerprint density at radius 2 is 2.23 bits per heavy atom. The van der Waals surface area contributed by atoms with E-state index < -0.39 is 0 Å². The summed E-state index contributed by atoms with van der Waals surface area (Å²) in [7, 11) is 5.96. The first-order chi connectivity index (χ1) is 12.5. The van der Waals surface area contributed by atoms with Crippen LogP contribution in [-0.2, 0) is 11.8 Å². The lowest BCUT2D eigenvalue weighted by Gasteiger charge is -2.32. The van der Waals surface area contributed by atoms with E-state index in [2.05, 4.69) is 11.1 Å². The van der Waals surface area contributed by atoms with Crippen molar-refractivity contribution in [3.05, 3.63) is 48.6 Å². The van der Waals surface area contributed by atoms with Crippen molar-refractivity contribution >= 4 is 5.91 Å². The Kier molecular flexibility index (Phi) is 5.83. The zero-order chi connectivity index (χ0) is 18.5. The Balaban J connectivity index is 1.71. The molecule has 1 aliphatic heterocycles. The molecule has 6 heteroatoms. The smallest absolute Gasteiger partial charge is 0.246 e.